The average Bonchev–Trinajstić information content (AvgIpc) is 3.05. The molecule has 0 aliphatic heterocycles. The predicted octanol–water partition coefficient (Wildman–Crippen LogP) is 4.63. The fourth-order valence-corrected chi connectivity index (χ4v) is 4.55. The quantitative estimate of drug-likeness (QED) is 0.576. The van der Waals surface area contributed by atoms with Gasteiger partial charge in [-0.1, -0.05) is 41.8 Å². The number of aliphatic hydroxyl groups excluding tert-OH is 1. The Morgan fingerprint density at radius 3 is 2.89 bits per heavy atom. The van der Waals surface area contributed by atoms with E-state index in [1.807, 2.05) is 6.07 Å². The van der Waals surface area contributed by atoms with Crippen LogP contribution in [-0.4, -0.2) is 32.2 Å². The number of anilines is 2. The molecule has 2 unspecified atom stereocenters. The summed E-state index contributed by atoms with van der Waals surface area (Å²) in [4.78, 5) is 13.0. The summed E-state index contributed by atoms with van der Waals surface area (Å²) in [7, 11) is 0. The number of hydrogen-bond acceptors (Lipinski definition) is 7. The normalized spacial score (nSPS) is 21.1. The van der Waals surface area contributed by atoms with Crippen LogP contribution in [-0.2, 0) is 0 Å². The van der Waals surface area contributed by atoms with E-state index in [0.717, 1.165) is 46.6 Å². The standard InChI is InChI=1S/C19H22ClN5OS/c1-11(22-18-10-21-9-17(20)25-18)12-6-7-14-16(8-12)27-19(24-14)23-13-4-2-3-5-15(13)26/h6-11,13,15,26H,2-5H2,1H3,(H,22,25)(H,23,24)/t11?,13?,15-/m1/s1. The molecule has 6 nitrogen and oxygen atoms in total. The van der Waals surface area contributed by atoms with Crippen molar-refractivity contribution in [3.63, 3.8) is 0 Å². The van der Waals surface area contributed by atoms with Crippen molar-refractivity contribution < 1.29 is 5.11 Å². The molecule has 3 atom stereocenters. The molecule has 142 valence electrons. The molecular weight excluding hydrogens is 382 g/mol. The van der Waals surface area contributed by atoms with Crippen molar-refractivity contribution in [2.24, 2.45) is 0 Å². The highest BCUT2D eigenvalue weighted by Gasteiger charge is 2.23. The molecule has 1 fully saturated rings. The zero-order valence-corrected chi connectivity index (χ0v) is 16.6. The molecule has 2 heterocycles. The molecular formula is C19H22ClN5OS. The van der Waals surface area contributed by atoms with E-state index in [0.29, 0.717) is 11.0 Å². The Labute approximate surface area is 167 Å². The Morgan fingerprint density at radius 1 is 1.22 bits per heavy atom. The van der Waals surface area contributed by atoms with Crippen molar-refractivity contribution >= 4 is 44.1 Å². The van der Waals surface area contributed by atoms with Gasteiger partial charge in [0.05, 0.1) is 40.8 Å². The van der Waals surface area contributed by atoms with Gasteiger partial charge in [-0.25, -0.2) is 9.97 Å². The van der Waals surface area contributed by atoms with Gasteiger partial charge in [-0.05, 0) is 37.5 Å². The molecule has 27 heavy (non-hydrogen) atoms. The summed E-state index contributed by atoms with van der Waals surface area (Å²) in [5, 5.41) is 18.1. The molecule has 3 aromatic rings. The first-order chi connectivity index (χ1) is 13.1. The lowest BCUT2D eigenvalue weighted by Gasteiger charge is -2.27. The fraction of sp³-hybridized carbons (Fsp3) is 0.421. The van der Waals surface area contributed by atoms with Crippen LogP contribution in [0, 0.1) is 0 Å². The smallest absolute Gasteiger partial charge is 0.184 e. The predicted molar refractivity (Wildman–Crippen MR) is 111 cm³/mol. The molecule has 1 saturated carbocycles. The highest BCUT2D eigenvalue weighted by molar-refractivity contribution is 7.22. The van der Waals surface area contributed by atoms with Crippen LogP contribution < -0.4 is 10.6 Å². The second-order valence-electron chi connectivity index (χ2n) is 6.94. The van der Waals surface area contributed by atoms with Gasteiger partial charge in [0.1, 0.15) is 11.0 Å². The number of aromatic nitrogens is 3. The third-order valence-corrected chi connectivity index (χ3v) is 6.05. The number of nitrogens with zero attached hydrogens (tertiary/aromatic N) is 3. The minimum atomic E-state index is -0.288. The van der Waals surface area contributed by atoms with E-state index in [2.05, 4.69) is 44.6 Å². The van der Waals surface area contributed by atoms with Gasteiger partial charge in [0.15, 0.2) is 5.13 Å². The lowest BCUT2D eigenvalue weighted by atomic mass is 9.93. The summed E-state index contributed by atoms with van der Waals surface area (Å²) in [6.07, 6.45) is 6.99. The molecule has 1 aliphatic rings. The number of benzene rings is 1. The summed E-state index contributed by atoms with van der Waals surface area (Å²) >= 11 is 7.52. The monoisotopic (exact) mass is 403 g/mol. The van der Waals surface area contributed by atoms with Crippen molar-refractivity contribution in [1.29, 1.82) is 0 Å². The Morgan fingerprint density at radius 2 is 2.07 bits per heavy atom. The van der Waals surface area contributed by atoms with Crippen LogP contribution in [0.5, 0.6) is 0 Å². The number of rotatable bonds is 5. The maximum Gasteiger partial charge on any atom is 0.184 e. The van der Waals surface area contributed by atoms with E-state index >= 15 is 0 Å². The molecule has 1 aromatic carbocycles. The van der Waals surface area contributed by atoms with E-state index in [4.69, 9.17) is 11.6 Å². The third kappa shape index (κ3) is 4.31. The molecule has 0 spiro atoms. The third-order valence-electron chi connectivity index (χ3n) is 4.92. The first-order valence-corrected chi connectivity index (χ1v) is 10.4. The Bertz CT molecular complexity index is 933. The van der Waals surface area contributed by atoms with Crippen LogP contribution in [0.2, 0.25) is 5.15 Å². The topological polar surface area (TPSA) is 83.0 Å². The first-order valence-electron chi connectivity index (χ1n) is 9.17. The largest absolute Gasteiger partial charge is 0.391 e. The fourth-order valence-electron chi connectivity index (χ4n) is 3.43. The van der Waals surface area contributed by atoms with Gasteiger partial charge in [0.2, 0.25) is 0 Å². The Hall–Kier alpha value is -1.96. The number of halogens is 1. The van der Waals surface area contributed by atoms with Crippen LogP contribution in [0.25, 0.3) is 10.2 Å². The van der Waals surface area contributed by atoms with E-state index < -0.39 is 0 Å². The number of aliphatic hydroxyl groups is 1. The van der Waals surface area contributed by atoms with Gasteiger partial charge in [-0.15, -0.1) is 0 Å². The number of nitrogens with one attached hydrogen (secondary N) is 2. The first kappa shape index (κ1) is 18.4. The summed E-state index contributed by atoms with van der Waals surface area (Å²) in [5.41, 5.74) is 2.10. The van der Waals surface area contributed by atoms with E-state index in [9.17, 15) is 5.11 Å². The van der Waals surface area contributed by atoms with Crippen LogP contribution in [0.15, 0.2) is 30.6 Å². The maximum absolute atomic E-state index is 10.2. The average molecular weight is 404 g/mol. The van der Waals surface area contributed by atoms with Gasteiger partial charge in [0.25, 0.3) is 0 Å². The molecule has 0 radical (unpaired) electrons. The van der Waals surface area contributed by atoms with Gasteiger partial charge >= 0.3 is 0 Å². The van der Waals surface area contributed by atoms with Crippen molar-refractivity contribution in [2.45, 2.75) is 50.8 Å². The Kier molecular flexibility index (Phi) is 5.43. The lowest BCUT2D eigenvalue weighted by molar-refractivity contribution is 0.116. The van der Waals surface area contributed by atoms with Gasteiger partial charge in [-0.3, -0.25) is 4.98 Å². The second-order valence-corrected chi connectivity index (χ2v) is 8.36. The van der Waals surface area contributed by atoms with Gasteiger partial charge in [0, 0.05) is 0 Å². The number of thiazole rings is 1. The van der Waals surface area contributed by atoms with Crippen molar-refractivity contribution in [3.8, 4) is 0 Å². The van der Waals surface area contributed by atoms with E-state index in [-0.39, 0.29) is 18.2 Å². The lowest BCUT2D eigenvalue weighted by Crippen LogP contribution is -2.36. The second kappa shape index (κ2) is 7.96. The number of fused-ring (bicyclic) bond motifs is 1. The van der Waals surface area contributed by atoms with Crippen LogP contribution in [0.1, 0.15) is 44.2 Å². The minimum absolute atomic E-state index is 0.0563. The molecule has 1 aliphatic carbocycles. The summed E-state index contributed by atoms with van der Waals surface area (Å²) in [6, 6.07) is 6.40. The number of hydrogen-bond donors (Lipinski definition) is 3. The molecule has 0 bridgehead atoms. The van der Waals surface area contributed by atoms with Crippen LogP contribution in [0.4, 0.5) is 10.9 Å². The molecule has 2 aromatic heterocycles. The zero-order chi connectivity index (χ0) is 18.8. The van der Waals surface area contributed by atoms with Gasteiger partial charge < -0.3 is 15.7 Å². The summed E-state index contributed by atoms with van der Waals surface area (Å²) in [6.45, 7) is 2.07. The molecule has 4 rings (SSSR count). The molecule has 0 saturated heterocycles. The van der Waals surface area contributed by atoms with Crippen molar-refractivity contribution in [3.05, 3.63) is 41.3 Å². The van der Waals surface area contributed by atoms with E-state index in [1.54, 1.807) is 17.5 Å². The molecule has 8 heteroatoms. The van der Waals surface area contributed by atoms with Crippen molar-refractivity contribution in [2.75, 3.05) is 10.6 Å². The van der Waals surface area contributed by atoms with Crippen LogP contribution >= 0.6 is 22.9 Å². The minimum Gasteiger partial charge on any atom is -0.391 e. The van der Waals surface area contributed by atoms with Crippen LogP contribution in [0.3, 0.4) is 0 Å². The SMILES string of the molecule is CC(Nc1cncc(Cl)n1)c1ccc2nc(NC3CCCC[C@H]3O)sc2c1. The zero-order valence-electron chi connectivity index (χ0n) is 15.0. The van der Waals surface area contributed by atoms with E-state index in [1.165, 1.54) is 6.20 Å². The summed E-state index contributed by atoms with van der Waals surface area (Å²) in [5.74, 6) is 0.646. The van der Waals surface area contributed by atoms with Gasteiger partial charge in [-0.2, -0.15) is 0 Å². The summed E-state index contributed by atoms with van der Waals surface area (Å²) < 4.78 is 1.12. The highest BCUT2D eigenvalue weighted by atomic mass is 35.5. The Balaban J connectivity index is 1.50. The van der Waals surface area contributed by atoms with Crippen molar-refractivity contribution in [1.82, 2.24) is 15.0 Å². The maximum atomic E-state index is 10.2. The molecule has 0 amide bonds. The molecule has 3 N–H and O–H groups in total. The highest BCUT2D eigenvalue weighted by Crippen LogP contribution is 2.31.